The standard InChI is InChI=1S/C15H29N3O3S/c1-12-3-7-15(2,8-4-12)11-17-14(19)18-9-5-13(6-10-18)22(16,20)21/h12-13H,3-11H2,1-2H3,(H,17,19)(H2,16,20,21). The van der Waals surface area contributed by atoms with Crippen LogP contribution in [0.15, 0.2) is 0 Å². The molecule has 1 aliphatic heterocycles. The van der Waals surface area contributed by atoms with Gasteiger partial charge in [-0.2, -0.15) is 0 Å². The number of sulfonamides is 1. The molecule has 22 heavy (non-hydrogen) atoms. The van der Waals surface area contributed by atoms with Crippen LogP contribution in [0.1, 0.15) is 52.4 Å². The number of likely N-dealkylation sites (tertiary alicyclic amines) is 1. The van der Waals surface area contributed by atoms with Crippen molar-refractivity contribution in [1.82, 2.24) is 10.2 Å². The van der Waals surface area contributed by atoms with Gasteiger partial charge >= 0.3 is 6.03 Å². The van der Waals surface area contributed by atoms with Crippen LogP contribution in [0.2, 0.25) is 0 Å². The van der Waals surface area contributed by atoms with Crippen LogP contribution in [0.3, 0.4) is 0 Å². The van der Waals surface area contributed by atoms with Crippen molar-refractivity contribution in [2.75, 3.05) is 19.6 Å². The summed E-state index contributed by atoms with van der Waals surface area (Å²) in [4.78, 5) is 13.9. The van der Waals surface area contributed by atoms with Crippen molar-refractivity contribution in [3.05, 3.63) is 0 Å². The molecule has 128 valence electrons. The number of hydrogen-bond donors (Lipinski definition) is 2. The zero-order valence-electron chi connectivity index (χ0n) is 13.7. The second-order valence-corrected chi connectivity index (χ2v) is 9.27. The molecule has 0 spiro atoms. The number of rotatable bonds is 3. The quantitative estimate of drug-likeness (QED) is 0.824. The largest absolute Gasteiger partial charge is 0.337 e. The molecule has 0 aromatic heterocycles. The van der Waals surface area contributed by atoms with E-state index in [-0.39, 0.29) is 11.4 Å². The van der Waals surface area contributed by atoms with Crippen molar-refractivity contribution in [2.24, 2.45) is 16.5 Å². The number of piperidine rings is 1. The van der Waals surface area contributed by atoms with Gasteiger partial charge in [-0.15, -0.1) is 0 Å². The fourth-order valence-corrected chi connectivity index (χ4v) is 4.29. The molecule has 2 aliphatic rings. The highest BCUT2D eigenvalue weighted by molar-refractivity contribution is 7.89. The number of nitrogens with one attached hydrogen (secondary N) is 1. The zero-order valence-corrected chi connectivity index (χ0v) is 14.5. The molecule has 1 aliphatic carbocycles. The molecule has 0 bridgehead atoms. The van der Waals surface area contributed by atoms with Crippen molar-refractivity contribution < 1.29 is 13.2 Å². The number of amides is 2. The Morgan fingerprint density at radius 3 is 2.27 bits per heavy atom. The monoisotopic (exact) mass is 331 g/mol. The van der Waals surface area contributed by atoms with Crippen molar-refractivity contribution in [2.45, 2.75) is 57.6 Å². The SMILES string of the molecule is CC1CCC(C)(CNC(=O)N2CCC(S(N)(=O)=O)CC2)CC1. The highest BCUT2D eigenvalue weighted by Crippen LogP contribution is 2.37. The van der Waals surface area contributed by atoms with Crippen LogP contribution in [0.5, 0.6) is 0 Å². The first-order chi connectivity index (χ1) is 10.2. The van der Waals surface area contributed by atoms with Gasteiger partial charge < -0.3 is 10.2 Å². The fourth-order valence-electron chi connectivity index (χ4n) is 3.42. The van der Waals surface area contributed by atoms with Crippen molar-refractivity contribution in [1.29, 1.82) is 0 Å². The highest BCUT2D eigenvalue weighted by Gasteiger charge is 2.32. The first-order valence-corrected chi connectivity index (χ1v) is 9.85. The van der Waals surface area contributed by atoms with Gasteiger partial charge in [0, 0.05) is 19.6 Å². The van der Waals surface area contributed by atoms with Gasteiger partial charge in [0.15, 0.2) is 0 Å². The van der Waals surface area contributed by atoms with Gasteiger partial charge in [0.2, 0.25) is 10.0 Å². The summed E-state index contributed by atoms with van der Waals surface area (Å²) in [5.41, 5.74) is 0.196. The maximum atomic E-state index is 12.2. The summed E-state index contributed by atoms with van der Waals surface area (Å²) in [5.74, 6) is 0.793. The van der Waals surface area contributed by atoms with Crippen LogP contribution in [0.4, 0.5) is 4.79 Å². The van der Waals surface area contributed by atoms with E-state index in [9.17, 15) is 13.2 Å². The van der Waals surface area contributed by atoms with Crippen LogP contribution >= 0.6 is 0 Å². The molecule has 6 nitrogen and oxygen atoms in total. The van der Waals surface area contributed by atoms with Crippen LogP contribution in [-0.4, -0.2) is 44.2 Å². The van der Waals surface area contributed by atoms with Gasteiger partial charge in [0.1, 0.15) is 0 Å². The molecule has 2 fully saturated rings. The maximum absolute atomic E-state index is 12.2. The molecule has 0 aromatic rings. The second-order valence-electron chi connectivity index (χ2n) is 7.43. The average molecular weight is 331 g/mol. The van der Waals surface area contributed by atoms with E-state index in [2.05, 4.69) is 19.2 Å². The predicted octanol–water partition coefficient (Wildman–Crippen LogP) is 1.67. The van der Waals surface area contributed by atoms with E-state index in [1.807, 2.05) is 0 Å². The molecule has 0 atom stereocenters. The first kappa shape index (κ1) is 17.5. The van der Waals surface area contributed by atoms with E-state index in [0.717, 1.165) is 18.8 Å². The Balaban J connectivity index is 1.77. The number of carbonyl (C=O) groups excluding carboxylic acids is 1. The van der Waals surface area contributed by atoms with Crippen molar-refractivity contribution in [3.63, 3.8) is 0 Å². The van der Waals surface area contributed by atoms with Gasteiger partial charge in [0.05, 0.1) is 5.25 Å². The van der Waals surface area contributed by atoms with Gasteiger partial charge in [-0.05, 0) is 37.0 Å². The zero-order chi connectivity index (χ0) is 16.4. The molecule has 7 heteroatoms. The number of primary sulfonamides is 1. The Morgan fingerprint density at radius 1 is 1.23 bits per heavy atom. The molecule has 2 rings (SSSR count). The normalized spacial score (nSPS) is 31.0. The Bertz CT molecular complexity index is 490. The molecular formula is C15H29N3O3S. The fraction of sp³-hybridized carbons (Fsp3) is 0.933. The predicted molar refractivity (Wildman–Crippen MR) is 86.8 cm³/mol. The van der Waals surface area contributed by atoms with Crippen molar-refractivity contribution in [3.8, 4) is 0 Å². The van der Waals surface area contributed by atoms with Crippen LogP contribution in [-0.2, 0) is 10.0 Å². The molecule has 1 saturated carbocycles. The molecular weight excluding hydrogens is 302 g/mol. The maximum Gasteiger partial charge on any atom is 0.317 e. The topological polar surface area (TPSA) is 92.5 Å². The Hall–Kier alpha value is -0.820. The summed E-state index contributed by atoms with van der Waals surface area (Å²) in [5, 5.41) is 7.70. The van der Waals surface area contributed by atoms with Crippen LogP contribution in [0.25, 0.3) is 0 Å². The molecule has 0 unspecified atom stereocenters. The summed E-state index contributed by atoms with van der Waals surface area (Å²) in [7, 11) is -3.48. The first-order valence-electron chi connectivity index (χ1n) is 8.24. The third-order valence-corrected chi connectivity index (χ3v) is 6.74. The lowest BCUT2D eigenvalue weighted by Crippen LogP contribution is -2.49. The minimum atomic E-state index is -3.48. The van der Waals surface area contributed by atoms with Gasteiger partial charge in [-0.1, -0.05) is 26.7 Å². The summed E-state index contributed by atoms with van der Waals surface area (Å²) in [6.07, 6.45) is 5.63. The van der Waals surface area contributed by atoms with E-state index in [4.69, 9.17) is 5.14 Å². The van der Waals surface area contributed by atoms with E-state index in [0.29, 0.717) is 32.5 Å². The molecule has 2 amide bonds. The van der Waals surface area contributed by atoms with E-state index < -0.39 is 15.3 Å². The minimum Gasteiger partial charge on any atom is -0.337 e. The number of hydrogen-bond acceptors (Lipinski definition) is 3. The van der Waals surface area contributed by atoms with E-state index in [1.54, 1.807) is 4.90 Å². The third kappa shape index (κ3) is 4.59. The highest BCUT2D eigenvalue weighted by atomic mass is 32.2. The second kappa shape index (κ2) is 6.74. The molecule has 0 aromatic carbocycles. The lowest BCUT2D eigenvalue weighted by molar-refractivity contribution is 0.155. The third-order valence-electron chi connectivity index (χ3n) is 5.34. The lowest BCUT2D eigenvalue weighted by Gasteiger charge is -2.37. The lowest BCUT2D eigenvalue weighted by atomic mass is 9.72. The van der Waals surface area contributed by atoms with Crippen LogP contribution < -0.4 is 10.5 Å². The summed E-state index contributed by atoms with van der Waals surface area (Å²) in [6, 6.07) is -0.0762. The summed E-state index contributed by atoms with van der Waals surface area (Å²) in [6.45, 7) is 6.15. The van der Waals surface area contributed by atoms with Crippen LogP contribution in [0, 0.1) is 11.3 Å². The molecule has 3 N–H and O–H groups in total. The average Bonchev–Trinajstić information content (AvgIpc) is 2.48. The van der Waals surface area contributed by atoms with Gasteiger partial charge in [0.25, 0.3) is 0 Å². The Kier molecular flexibility index (Phi) is 5.37. The van der Waals surface area contributed by atoms with Crippen molar-refractivity contribution >= 4 is 16.1 Å². The summed E-state index contributed by atoms with van der Waals surface area (Å²) >= 11 is 0. The smallest absolute Gasteiger partial charge is 0.317 e. The number of carbonyl (C=O) groups is 1. The molecule has 0 radical (unpaired) electrons. The van der Waals surface area contributed by atoms with E-state index in [1.165, 1.54) is 12.8 Å². The minimum absolute atomic E-state index is 0.0762. The van der Waals surface area contributed by atoms with E-state index >= 15 is 0 Å². The number of nitrogens with two attached hydrogens (primary N) is 1. The molecule has 1 saturated heterocycles. The Morgan fingerprint density at radius 2 is 1.77 bits per heavy atom. The number of urea groups is 1. The summed E-state index contributed by atoms with van der Waals surface area (Å²) < 4.78 is 22.6. The van der Waals surface area contributed by atoms with Gasteiger partial charge in [-0.25, -0.2) is 18.4 Å². The van der Waals surface area contributed by atoms with Gasteiger partial charge in [-0.3, -0.25) is 0 Å². The molecule has 1 heterocycles. The number of nitrogens with zero attached hydrogens (tertiary/aromatic N) is 1. The Labute approximate surface area is 133 Å².